The Morgan fingerprint density at radius 2 is 2.13 bits per heavy atom. The molecule has 2 heterocycles. The Hall–Kier alpha value is -1.95. The van der Waals surface area contributed by atoms with Crippen LogP contribution in [0.25, 0.3) is 0 Å². The van der Waals surface area contributed by atoms with Crippen molar-refractivity contribution in [2.24, 2.45) is 11.3 Å². The van der Waals surface area contributed by atoms with Crippen LogP contribution < -0.4 is 5.32 Å². The quantitative estimate of drug-likeness (QED) is 0.889. The number of nitrogens with zero attached hydrogens (tertiary/aromatic N) is 1. The molecule has 0 bridgehead atoms. The van der Waals surface area contributed by atoms with Crippen molar-refractivity contribution < 1.29 is 19.4 Å². The summed E-state index contributed by atoms with van der Waals surface area (Å²) >= 11 is 0. The van der Waals surface area contributed by atoms with Crippen molar-refractivity contribution in [3.05, 3.63) is 29.6 Å². The number of aromatic nitrogens is 1. The second-order valence-corrected chi connectivity index (χ2v) is 7.01. The van der Waals surface area contributed by atoms with Gasteiger partial charge in [-0.05, 0) is 30.4 Å². The van der Waals surface area contributed by atoms with Crippen LogP contribution in [0.4, 0.5) is 0 Å². The monoisotopic (exact) mass is 320 g/mol. The first kappa shape index (κ1) is 17.4. The molecule has 0 aromatic carbocycles. The minimum atomic E-state index is -1.11. The van der Waals surface area contributed by atoms with Gasteiger partial charge in [0.1, 0.15) is 5.69 Å². The summed E-state index contributed by atoms with van der Waals surface area (Å²) < 4.78 is 5.91. The van der Waals surface area contributed by atoms with Crippen LogP contribution >= 0.6 is 0 Å². The summed E-state index contributed by atoms with van der Waals surface area (Å²) in [6.45, 7) is 7.75. The highest BCUT2D eigenvalue weighted by molar-refractivity contribution is 5.94. The number of carbonyl (C=O) groups is 2. The molecule has 6 heteroatoms. The van der Waals surface area contributed by atoms with E-state index in [9.17, 15) is 9.59 Å². The van der Waals surface area contributed by atoms with E-state index in [4.69, 9.17) is 9.84 Å². The molecule has 23 heavy (non-hydrogen) atoms. The summed E-state index contributed by atoms with van der Waals surface area (Å²) in [5.41, 5.74) is 0.314. The molecule has 2 atom stereocenters. The number of pyridine rings is 1. The van der Waals surface area contributed by atoms with E-state index in [1.54, 1.807) is 0 Å². The second kappa shape index (κ2) is 7.08. The Kier molecular flexibility index (Phi) is 5.36. The Morgan fingerprint density at radius 1 is 1.39 bits per heavy atom. The van der Waals surface area contributed by atoms with E-state index in [0.717, 1.165) is 19.4 Å². The average molecular weight is 320 g/mol. The van der Waals surface area contributed by atoms with Crippen molar-refractivity contribution in [2.75, 3.05) is 13.2 Å². The van der Waals surface area contributed by atoms with Gasteiger partial charge in [0.15, 0.2) is 0 Å². The van der Waals surface area contributed by atoms with Gasteiger partial charge in [0, 0.05) is 25.3 Å². The Balaban J connectivity index is 1.96. The third-order valence-electron chi connectivity index (χ3n) is 4.07. The van der Waals surface area contributed by atoms with E-state index in [0.29, 0.717) is 12.1 Å². The smallest absolute Gasteiger partial charge is 0.354 e. The lowest BCUT2D eigenvalue weighted by Gasteiger charge is -2.40. The van der Waals surface area contributed by atoms with Crippen molar-refractivity contribution in [1.29, 1.82) is 0 Å². The van der Waals surface area contributed by atoms with E-state index in [1.807, 2.05) is 0 Å². The SMILES string of the molecule is CC(C)(C)C1OCCCC1CNC(=O)c1ccc(C(=O)O)nc1. The zero-order chi connectivity index (χ0) is 17.0. The van der Waals surface area contributed by atoms with Crippen LogP contribution in [0, 0.1) is 11.3 Å². The van der Waals surface area contributed by atoms with Crippen LogP contribution in [0.3, 0.4) is 0 Å². The highest BCUT2D eigenvalue weighted by Gasteiger charge is 2.35. The average Bonchev–Trinajstić information content (AvgIpc) is 2.52. The number of carbonyl (C=O) groups excluding carboxylic acids is 1. The highest BCUT2D eigenvalue weighted by Crippen LogP contribution is 2.33. The molecule has 0 radical (unpaired) electrons. The number of nitrogens with one attached hydrogen (secondary N) is 1. The van der Waals surface area contributed by atoms with E-state index >= 15 is 0 Å². The number of hydrogen-bond acceptors (Lipinski definition) is 4. The van der Waals surface area contributed by atoms with Crippen LogP contribution in [0.5, 0.6) is 0 Å². The van der Waals surface area contributed by atoms with Gasteiger partial charge in [0.25, 0.3) is 5.91 Å². The van der Waals surface area contributed by atoms with Crippen LogP contribution in [-0.2, 0) is 4.74 Å². The first-order chi connectivity index (χ1) is 10.8. The third kappa shape index (κ3) is 4.51. The molecule has 2 N–H and O–H groups in total. The molecule has 1 fully saturated rings. The van der Waals surface area contributed by atoms with E-state index < -0.39 is 5.97 Å². The number of carboxylic acids is 1. The van der Waals surface area contributed by atoms with Gasteiger partial charge in [0.05, 0.1) is 11.7 Å². The second-order valence-electron chi connectivity index (χ2n) is 7.01. The molecule has 0 aliphatic carbocycles. The number of ether oxygens (including phenoxy) is 1. The molecule has 2 unspecified atom stereocenters. The van der Waals surface area contributed by atoms with Gasteiger partial charge in [-0.2, -0.15) is 0 Å². The molecular weight excluding hydrogens is 296 g/mol. The zero-order valence-electron chi connectivity index (χ0n) is 13.8. The Labute approximate surface area is 136 Å². The molecule has 6 nitrogen and oxygen atoms in total. The Morgan fingerprint density at radius 3 is 2.70 bits per heavy atom. The van der Waals surface area contributed by atoms with Crippen LogP contribution in [0.1, 0.15) is 54.5 Å². The lowest BCUT2D eigenvalue weighted by Crippen LogP contribution is -2.45. The van der Waals surface area contributed by atoms with Gasteiger partial charge in [-0.15, -0.1) is 0 Å². The standard InChI is InChI=1S/C17H24N2O4/c1-17(2,3)14-11(5-4-8-23-14)9-19-15(20)12-6-7-13(16(21)22)18-10-12/h6-7,10-11,14H,4-5,8-9H2,1-3H3,(H,19,20)(H,21,22). The number of carboxylic acid groups (broad SMARTS) is 1. The van der Waals surface area contributed by atoms with Crippen LogP contribution in [0.2, 0.25) is 0 Å². The summed E-state index contributed by atoms with van der Waals surface area (Å²) in [4.78, 5) is 26.7. The fraction of sp³-hybridized carbons (Fsp3) is 0.588. The summed E-state index contributed by atoms with van der Waals surface area (Å²) in [7, 11) is 0. The fourth-order valence-electron chi connectivity index (χ4n) is 2.99. The van der Waals surface area contributed by atoms with Crippen molar-refractivity contribution in [2.45, 2.75) is 39.7 Å². The predicted molar refractivity (Wildman–Crippen MR) is 85.4 cm³/mol. The van der Waals surface area contributed by atoms with Gasteiger partial charge in [-0.25, -0.2) is 9.78 Å². The van der Waals surface area contributed by atoms with Gasteiger partial charge < -0.3 is 15.2 Å². The third-order valence-corrected chi connectivity index (χ3v) is 4.07. The molecule has 2 rings (SSSR count). The minimum Gasteiger partial charge on any atom is -0.477 e. The summed E-state index contributed by atoms with van der Waals surface area (Å²) in [5, 5.41) is 11.7. The lowest BCUT2D eigenvalue weighted by atomic mass is 9.78. The fourth-order valence-corrected chi connectivity index (χ4v) is 2.99. The van der Waals surface area contributed by atoms with Crippen molar-refractivity contribution >= 4 is 11.9 Å². The first-order valence-corrected chi connectivity index (χ1v) is 7.88. The van der Waals surface area contributed by atoms with Gasteiger partial charge in [-0.1, -0.05) is 20.8 Å². The van der Waals surface area contributed by atoms with Gasteiger partial charge in [0.2, 0.25) is 0 Å². The largest absolute Gasteiger partial charge is 0.477 e. The van der Waals surface area contributed by atoms with Crippen LogP contribution in [0.15, 0.2) is 18.3 Å². The topological polar surface area (TPSA) is 88.5 Å². The summed E-state index contributed by atoms with van der Waals surface area (Å²) in [5.74, 6) is -1.07. The number of rotatable bonds is 4. The van der Waals surface area contributed by atoms with Crippen molar-refractivity contribution in [3.8, 4) is 0 Å². The predicted octanol–water partition coefficient (Wildman–Crippen LogP) is 2.35. The number of amides is 1. The molecule has 1 aromatic rings. The normalized spacial score (nSPS) is 21.7. The molecule has 126 valence electrons. The highest BCUT2D eigenvalue weighted by atomic mass is 16.5. The van der Waals surface area contributed by atoms with Gasteiger partial charge in [-0.3, -0.25) is 4.79 Å². The van der Waals surface area contributed by atoms with Crippen molar-refractivity contribution in [3.63, 3.8) is 0 Å². The molecular formula is C17H24N2O4. The summed E-state index contributed by atoms with van der Waals surface area (Å²) in [6.07, 6.45) is 3.43. The molecule has 1 aromatic heterocycles. The molecule has 0 saturated carbocycles. The maximum atomic E-state index is 12.2. The lowest BCUT2D eigenvalue weighted by molar-refractivity contribution is -0.0839. The first-order valence-electron chi connectivity index (χ1n) is 7.88. The number of hydrogen-bond donors (Lipinski definition) is 2. The van der Waals surface area contributed by atoms with E-state index in [-0.39, 0.29) is 29.0 Å². The van der Waals surface area contributed by atoms with Crippen molar-refractivity contribution in [1.82, 2.24) is 10.3 Å². The number of aromatic carboxylic acids is 1. The Bertz CT molecular complexity index is 563. The maximum absolute atomic E-state index is 12.2. The van der Waals surface area contributed by atoms with Crippen LogP contribution in [-0.4, -0.2) is 41.2 Å². The van der Waals surface area contributed by atoms with E-state index in [2.05, 4.69) is 31.1 Å². The minimum absolute atomic E-state index is 0.0283. The maximum Gasteiger partial charge on any atom is 0.354 e. The molecule has 0 spiro atoms. The molecule has 1 saturated heterocycles. The van der Waals surface area contributed by atoms with Gasteiger partial charge >= 0.3 is 5.97 Å². The summed E-state index contributed by atoms with van der Waals surface area (Å²) in [6, 6.07) is 2.81. The molecule has 1 amide bonds. The molecule has 1 aliphatic heterocycles. The van der Waals surface area contributed by atoms with E-state index in [1.165, 1.54) is 18.3 Å². The molecule has 1 aliphatic rings. The zero-order valence-corrected chi connectivity index (χ0v) is 13.8.